The molecule has 2 aliphatic rings. The zero-order valence-corrected chi connectivity index (χ0v) is 23.8. The van der Waals surface area contributed by atoms with Gasteiger partial charge in [-0.2, -0.15) is 0 Å². The van der Waals surface area contributed by atoms with Crippen LogP contribution in [0, 0.1) is 17.8 Å². The number of rotatable bonds is 9. The Kier molecular flexibility index (Phi) is 10.0. The molecule has 11 heteroatoms. The molecule has 2 fully saturated rings. The quantitative estimate of drug-likeness (QED) is 0.240. The molecule has 1 aromatic rings. The van der Waals surface area contributed by atoms with E-state index in [1.54, 1.807) is 23.6 Å². The molecule has 0 bridgehead atoms. The number of hydrogen-bond donors (Lipinski definition) is 3. The Morgan fingerprint density at radius 2 is 2.05 bits per heavy atom. The van der Waals surface area contributed by atoms with Gasteiger partial charge < -0.3 is 30.3 Å². The number of benzene rings is 1. The molecular weight excluding hydrogens is 524 g/mol. The number of nitrogens with zero attached hydrogens (tertiary/aromatic N) is 2. The maximum absolute atomic E-state index is 13.9. The highest BCUT2D eigenvalue weighted by molar-refractivity contribution is 7.99. The van der Waals surface area contributed by atoms with E-state index in [0.717, 1.165) is 10.5 Å². The van der Waals surface area contributed by atoms with Crippen LogP contribution in [-0.2, 0) is 14.3 Å². The molecule has 3 N–H and O–H groups in total. The second kappa shape index (κ2) is 12.8. The van der Waals surface area contributed by atoms with E-state index in [4.69, 9.17) is 23.4 Å². The number of carbonyl (C=O) groups is 3. The first-order valence-corrected chi connectivity index (χ1v) is 14.0. The van der Waals surface area contributed by atoms with Crippen LogP contribution in [-0.4, -0.2) is 87.3 Å². The predicted octanol–water partition coefficient (Wildman–Crippen LogP) is 2.87. The van der Waals surface area contributed by atoms with Crippen LogP contribution >= 0.6 is 24.0 Å². The molecule has 2 heterocycles. The number of terminal acetylenes is 1. The van der Waals surface area contributed by atoms with Crippen molar-refractivity contribution in [1.29, 1.82) is 0 Å². The fourth-order valence-electron chi connectivity index (χ4n) is 4.88. The van der Waals surface area contributed by atoms with Crippen LogP contribution in [0.15, 0.2) is 30.3 Å². The molecular formula is C27H36N4O5S2. The van der Waals surface area contributed by atoms with Gasteiger partial charge in [-0.15, -0.1) is 18.2 Å². The summed E-state index contributed by atoms with van der Waals surface area (Å²) in [6, 6.07) is 7.10. The van der Waals surface area contributed by atoms with Crippen molar-refractivity contribution in [3.63, 3.8) is 0 Å². The lowest BCUT2D eigenvalue weighted by molar-refractivity contribution is -0.142. The van der Waals surface area contributed by atoms with Crippen LogP contribution in [0.2, 0.25) is 0 Å². The van der Waals surface area contributed by atoms with Crippen LogP contribution < -0.4 is 10.6 Å². The van der Waals surface area contributed by atoms with Gasteiger partial charge in [0.25, 0.3) is 0 Å². The summed E-state index contributed by atoms with van der Waals surface area (Å²) in [6.07, 6.45) is 5.41. The molecule has 2 saturated heterocycles. The average molecular weight is 561 g/mol. The minimum atomic E-state index is -1.11. The third kappa shape index (κ3) is 6.79. The first kappa shape index (κ1) is 29.7. The smallest absolute Gasteiger partial charge is 0.407 e. The van der Waals surface area contributed by atoms with Gasteiger partial charge in [0.1, 0.15) is 18.7 Å². The van der Waals surface area contributed by atoms with E-state index in [1.165, 1.54) is 7.05 Å². The van der Waals surface area contributed by atoms with E-state index in [-0.39, 0.29) is 35.4 Å². The Balaban J connectivity index is 1.82. The van der Waals surface area contributed by atoms with Crippen molar-refractivity contribution in [3.8, 4) is 12.3 Å². The topological polar surface area (TPSA) is 111 Å². The van der Waals surface area contributed by atoms with E-state index in [9.17, 15) is 19.5 Å². The van der Waals surface area contributed by atoms with E-state index in [0.29, 0.717) is 18.6 Å². The maximum atomic E-state index is 13.9. The average Bonchev–Trinajstić information content (AvgIpc) is 3.07. The number of ether oxygens (including phenoxy) is 1. The molecule has 3 amide bonds. The molecule has 1 aromatic carbocycles. The van der Waals surface area contributed by atoms with Crippen molar-refractivity contribution in [2.75, 3.05) is 26.0 Å². The minimum Gasteiger partial charge on any atom is -0.465 e. The predicted molar refractivity (Wildman–Crippen MR) is 152 cm³/mol. The molecule has 5 atom stereocenters. The van der Waals surface area contributed by atoms with Crippen molar-refractivity contribution < 1.29 is 24.2 Å². The van der Waals surface area contributed by atoms with Gasteiger partial charge in [0.05, 0.1) is 29.1 Å². The van der Waals surface area contributed by atoms with Crippen molar-refractivity contribution in [3.05, 3.63) is 35.9 Å². The third-order valence-corrected chi connectivity index (χ3v) is 8.82. The monoisotopic (exact) mass is 560 g/mol. The van der Waals surface area contributed by atoms with Gasteiger partial charge in [0, 0.05) is 7.05 Å². The highest BCUT2D eigenvalue weighted by Gasteiger charge is 2.54. The van der Waals surface area contributed by atoms with Crippen molar-refractivity contribution >= 4 is 46.9 Å². The molecule has 0 radical (unpaired) electrons. The summed E-state index contributed by atoms with van der Waals surface area (Å²) in [5.74, 6) is 2.68. The summed E-state index contributed by atoms with van der Waals surface area (Å²) < 4.78 is 5.58. The summed E-state index contributed by atoms with van der Waals surface area (Å²) in [7, 11) is 1.43. The number of nitrogens with one attached hydrogen (secondary N) is 2. The molecule has 206 valence electrons. The van der Waals surface area contributed by atoms with Gasteiger partial charge >= 0.3 is 6.09 Å². The van der Waals surface area contributed by atoms with Crippen LogP contribution in [0.4, 0.5) is 4.79 Å². The summed E-state index contributed by atoms with van der Waals surface area (Å²) in [6.45, 7) is 6.00. The number of carboxylic acid groups (broad SMARTS) is 1. The molecule has 3 rings (SSSR count). The fourth-order valence-corrected chi connectivity index (χ4v) is 6.76. The maximum Gasteiger partial charge on any atom is 0.407 e. The molecule has 0 spiro atoms. The number of thiocarbonyl (C=S) groups is 1. The Hall–Kier alpha value is -2.81. The van der Waals surface area contributed by atoms with Gasteiger partial charge in [0.2, 0.25) is 11.8 Å². The number of thioether (sulfide) groups is 1. The lowest BCUT2D eigenvalue weighted by atomic mass is 9.83. The standard InChI is InChI=1S/C27H36N4O5S2/c1-6-13-36-16-20(18-10-8-7-9-11-18)28-23(32)22-27(3,4)15-21-31(22)25(33)19(12-14-38-21)29-24(37)17(2)30(5)26(34)35/h1,7-11,17,19-22H,12-16H2,2-5H3,(H,28,32)(H,29,37)(H,34,35)/t17?,19-,20+,21-,22+/m0/s1. The molecule has 38 heavy (non-hydrogen) atoms. The first-order chi connectivity index (χ1) is 18.0. The highest BCUT2D eigenvalue weighted by atomic mass is 32.2. The number of carbonyl (C=O) groups excluding carboxylic acids is 2. The molecule has 9 nitrogen and oxygen atoms in total. The van der Waals surface area contributed by atoms with Crippen LogP contribution in [0.3, 0.4) is 0 Å². The minimum absolute atomic E-state index is 0.125. The lowest BCUT2D eigenvalue weighted by Gasteiger charge is -2.35. The van der Waals surface area contributed by atoms with Gasteiger partial charge in [-0.05, 0) is 36.5 Å². The van der Waals surface area contributed by atoms with E-state index < -0.39 is 35.7 Å². The third-order valence-electron chi connectivity index (χ3n) is 7.11. The lowest BCUT2D eigenvalue weighted by Crippen LogP contribution is -2.58. The van der Waals surface area contributed by atoms with Gasteiger partial charge in [0.15, 0.2) is 0 Å². The number of likely N-dealkylation sites (N-methyl/N-ethyl adjacent to an activating group) is 1. The first-order valence-electron chi connectivity index (χ1n) is 12.5. The second-order valence-corrected chi connectivity index (χ2v) is 12.0. The molecule has 0 aromatic heterocycles. The number of fused-ring (bicyclic) bond motifs is 1. The zero-order valence-electron chi connectivity index (χ0n) is 22.2. The van der Waals surface area contributed by atoms with Crippen molar-refractivity contribution in [2.24, 2.45) is 5.41 Å². The summed E-state index contributed by atoms with van der Waals surface area (Å²) in [5.41, 5.74) is 0.403. The van der Waals surface area contributed by atoms with E-state index >= 15 is 0 Å². The second-order valence-electron chi connectivity index (χ2n) is 10.3. The Morgan fingerprint density at radius 1 is 1.37 bits per heavy atom. The van der Waals surface area contributed by atoms with Gasteiger partial charge in [-0.3, -0.25) is 9.59 Å². The summed E-state index contributed by atoms with van der Waals surface area (Å²) >= 11 is 7.11. The Morgan fingerprint density at radius 3 is 2.68 bits per heavy atom. The van der Waals surface area contributed by atoms with E-state index in [1.807, 2.05) is 44.2 Å². The van der Waals surface area contributed by atoms with Crippen LogP contribution in [0.25, 0.3) is 0 Å². The SMILES string of the molecule is C#CCOC[C@@H](NC(=O)[C@H]1N2C(=O)[C@@H](NC(=S)C(C)N(C)C(=O)O)CCS[C@H]2CC1(C)C)c1ccccc1. The van der Waals surface area contributed by atoms with Crippen molar-refractivity contribution in [1.82, 2.24) is 20.4 Å². The fraction of sp³-hybridized carbons (Fsp3) is 0.556. The number of hydrogen-bond acceptors (Lipinski definition) is 6. The molecule has 2 aliphatic heterocycles. The molecule has 1 unspecified atom stereocenters. The zero-order chi connectivity index (χ0) is 28.0. The van der Waals surface area contributed by atoms with Crippen LogP contribution in [0.5, 0.6) is 0 Å². The summed E-state index contributed by atoms with van der Waals surface area (Å²) in [5, 5.41) is 15.4. The largest absolute Gasteiger partial charge is 0.465 e. The Labute approximate surface area is 234 Å². The van der Waals surface area contributed by atoms with Crippen LogP contribution in [0.1, 0.15) is 45.2 Å². The Bertz CT molecular complexity index is 1080. The highest BCUT2D eigenvalue weighted by Crippen LogP contribution is 2.46. The van der Waals surface area contributed by atoms with E-state index in [2.05, 4.69) is 16.6 Å². The van der Waals surface area contributed by atoms with Gasteiger partial charge in [-0.25, -0.2) is 4.79 Å². The normalized spacial score (nSPS) is 23.8. The number of amides is 3. The summed E-state index contributed by atoms with van der Waals surface area (Å²) in [4.78, 5) is 42.2. The molecule has 0 aliphatic carbocycles. The van der Waals surface area contributed by atoms with Crippen molar-refractivity contribution in [2.45, 2.75) is 63.2 Å². The molecule has 0 saturated carbocycles. The van der Waals surface area contributed by atoms with Gasteiger partial charge in [-0.1, -0.05) is 62.3 Å².